The van der Waals surface area contributed by atoms with Crippen molar-refractivity contribution >= 4 is 28.3 Å². The van der Waals surface area contributed by atoms with Crippen molar-refractivity contribution in [2.75, 3.05) is 19.0 Å². The standard InChI is InChI=1S/C16H19N3O3S/c1-11(9-22-2)17-14(20)8-13-10-23-16(18-13)19-15(21)12-6-4-3-5-7-12/h3-7,10-11H,8-9H2,1-2H3,(H,17,20)(H,18,19,21). The molecule has 0 fully saturated rings. The van der Waals surface area contributed by atoms with E-state index in [1.54, 1.807) is 36.8 Å². The van der Waals surface area contributed by atoms with Crippen LogP contribution in [0.5, 0.6) is 0 Å². The fraction of sp³-hybridized carbons (Fsp3) is 0.312. The Morgan fingerprint density at radius 2 is 2.04 bits per heavy atom. The summed E-state index contributed by atoms with van der Waals surface area (Å²) in [4.78, 5) is 28.2. The minimum atomic E-state index is -0.218. The molecule has 0 saturated carbocycles. The highest BCUT2D eigenvalue weighted by atomic mass is 32.1. The van der Waals surface area contributed by atoms with Crippen LogP contribution >= 0.6 is 11.3 Å². The van der Waals surface area contributed by atoms with Gasteiger partial charge in [-0.3, -0.25) is 14.9 Å². The normalized spacial score (nSPS) is 11.7. The Hall–Kier alpha value is -2.25. The lowest BCUT2D eigenvalue weighted by Crippen LogP contribution is -2.36. The molecule has 1 heterocycles. The van der Waals surface area contributed by atoms with Crippen molar-refractivity contribution in [3.8, 4) is 0 Å². The summed E-state index contributed by atoms with van der Waals surface area (Å²) in [6.45, 7) is 2.33. The second-order valence-electron chi connectivity index (χ2n) is 5.06. The first-order chi connectivity index (χ1) is 11.1. The Labute approximate surface area is 138 Å². The third-order valence-electron chi connectivity index (χ3n) is 2.97. The molecule has 2 N–H and O–H groups in total. The number of rotatable bonds is 7. The van der Waals surface area contributed by atoms with Gasteiger partial charge in [-0.2, -0.15) is 0 Å². The fourth-order valence-electron chi connectivity index (χ4n) is 1.99. The lowest BCUT2D eigenvalue weighted by Gasteiger charge is -2.11. The van der Waals surface area contributed by atoms with Crippen molar-refractivity contribution < 1.29 is 14.3 Å². The number of hydrogen-bond donors (Lipinski definition) is 2. The van der Waals surface area contributed by atoms with Gasteiger partial charge in [0.25, 0.3) is 5.91 Å². The molecule has 122 valence electrons. The molecule has 2 aromatic rings. The third kappa shape index (κ3) is 5.46. The summed E-state index contributed by atoms with van der Waals surface area (Å²) in [5, 5.41) is 7.79. The van der Waals surface area contributed by atoms with Crippen LogP contribution in [0.25, 0.3) is 0 Å². The summed E-state index contributed by atoms with van der Waals surface area (Å²) in [5.41, 5.74) is 1.19. The maximum Gasteiger partial charge on any atom is 0.257 e. The highest BCUT2D eigenvalue weighted by molar-refractivity contribution is 7.14. The number of ether oxygens (including phenoxy) is 1. The number of amides is 2. The molecule has 1 atom stereocenters. The van der Waals surface area contributed by atoms with E-state index in [0.29, 0.717) is 23.0 Å². The molecule has 23 heavy (non-hydrogen) atoms. The van der Waals surface area contributed by atoms with Crippen molar-refractivity contribution in [3.63, 3.8) is 0 Å². The second-order valence-corrected chi connectivity index (χ2v) is 5.92. The summed E-state index contributed by atoms with van der Waals surface area (Å²) in [6.07, 6.45) is 0.172. The van der Waals surface area contributed by atoms with Gasteiger partial charge in [0.1, 0.15) is 0 Å². The van der Waals surface area contributed by atoms with Crippen molar-refractivity contribution in [1.29, 1.82) is 0 Å². The molecular weight excluding hydrogens is 314 g/mol. The van der Waals surface area contributed by atoms with Gasteiger partial charge < -0.3 is 10.1 Å². The minimum absolute atomic E-state index is 0.0524. The summed E-state index contributed by atoms with van der Waals surface area (Å²) in [6, 6.07) is 8.86. The molecule has 0 aliphatic heterocycles. The van der Waals surface area contributed by atoms with Crippen molar-refractivity contribution in [2.45, 2.75) is 19.4 Å². The number of methoxy groups -OCH3 is 1. The number of aromatic nitrogens is 1. The third-order valence-corrected chi connectivity index (χ3v) is 3.78. The average Bonchev–Trinajstić information content (AvgIpc) is 2.95. The lowest BCUT2D eigenvalue weighted by molar-refractivity contribution is -0.121. The van der Waals surface area contributed by atoms with Crippen LogP contribution in [0, 0.1) is 0 Å². The molecule has 0 spiro atoms. The molecule has 1 aromatic heterocycles. The van der Waals surface area contributed by atoms with Gasteiger partial charge in [0.15, 0.2) is 5.13 Å². The first kappa shape index (κ1) is 17.1. The Kier molecular flexibility index (Phi) is 6.25. The highest BCUT2D eigenvalue weighted by Gasteiger charge is 2.12. The monoisotopic (exact) mass is 333 g/mol. The second kappa shape index (κ2) is 8.40. The van der Waals surface area contributed by atoms with Crippen LogP contribution in [-0.4, -0.2) is 36.6 Å². The van der Waals surface area contributed by atoms with Gasteiger partial charge in [0.05, 0.1) is 18.7 Å². The van der Waals surface area contributed by atoms with Crippen molar-refractivity contribution in [3.05, 3.63) is 47.0 Å². The summed E-state index contributed by atoms with van der Waals surface area (Å²) in [7, 11) is 1.59. The predicted molar refractivity (Wildman–Crippen MR) is 89.7 cm³/mol. The molecule has 6 nitrogen and oxygen atoms in total. The summed E-state index contributed by atoms with van der Waals surface area (Å²) < 4.78 is 4.97. The molecule has 0 radical (unpaired) electrons. The number of carbonyl (C=O) groups is 2. The van der Waals surface area contributed by atoms with E-state index in [1.165, 1.54) is 11.3 Å². The van der Waals surface area contributed by atoms with Gasteiger partial charge >= 0.3 is 0 Å². The number of nitrogens with zero attached hydrogens (tertiary/aromatic N) is 1. The maximum atomic E-state index is 12.0. The molecule has 2 rings (SSSR count). The van der Waals surface area contributed by atoms with E-state index in [9.17, 15) is 9.59 Å². The number of carbonyl (C=O) groups excluding carboxylic acids is 2. The summed E-state index contributed by atoms with van der Waals surface area (Å²) >= 11 is 1.30. The summed E-state index contributed by atoms with van der Waals surface area (Å²) in [5.74, 6) is -0.342. The number of anilines is 1. The maximum absolute atomic E-state index is 12.0. The van der Waals surface area contributed by atoms with E-state index in [-0.39, 0.29) is 24.3 Å². The van der Waals surface area contributed by atoms with Gasteiger partial charge in [-0.05, 0) is 19.1 Å². The van der Waals surface area contributed by atoms with Crippen LogP contribution < -0.4 is 10.6 Å². The van der Waals surface area contributed by atoms with E-state index < -0.39 is 0 Å². The average molecular weight is 333 g/mol. The fourth-order valence-corrected chi connectivity index (χ4v) is 2.69. The highest BCUT2D eigenvalue weighted by Crippen LogP contribution is 2.17. The predicted octanol–water partition coefficient (Wildman–Crippen LogP) is 2.09. The largest absolute Gasteiger partial charge is 0.383 e. The van der Waals surface area contributed by atoms with Crippen LogP contribution in [0.2, 0.25) is 0 Å². The smallest absolute Gasteiger partial charge is 0.257 e. The number of hydrogen-bond acceptors (Lipinski definition) is 5. The van der Waals surface area contributed by atoms with E-state index >= 15 is 0 Å². The van der Waals surface area contributed by atoms with E-state index in [4.69, 9.17) is 4.74 Å². The van der Waals surface area contributed by atoms with Gasteiger partial charge in [-0.15, -0.1) is 11.3 Å². The topological polar surface area (TPSA) is 80.3 Å². The first-order valence-corrected chi connectivity index (χ1v) is 8.05. The number of nitrogens with one attached hydrogen (secondary N) is 2. The van der Waals surface area contributed by atoms with Crippen LogP contribution in [0.4, 0.5) is 5.13 Å². The van der Waals surface area contributed by atoms with Crippen LogP contribution in [0.3, 0.4) is 0 Å². The van der Waals surface area contributed by atoms with Crippen LogP contribution in [-0.2, 0) is 16.0 Å². The zero-order valence-electron chi connectivity index (χ0n) is 13.0. The molecule has 0 aliphatic rings. The molecule has 0 saturated heterocycles. The van der Waals surface area contributed by atoms with Crippen LogP contribution in [0.1, 0.15) is 23.0 Å². The Morgan fingerprint density at radius 3 is 2.74 bits per heavy atom. The van der Waals surface area contributed by atoms with Crippen molar-refractivity contribution in [2.24, 2.45) is 0 Å². The van der Waals surface area contributed by atoms with Gasteiger partial charge in [-0.25, -0.2) is 4.98 Å². The molecule has 1 unspecified atom stereocenters. The minimum Gasteiger partial charge on any atom is -0.383 e. The van der Waals surface area contributed by atoms with Crippen molar-refractivity contribution in [1.82, 2.24) is 10.3 Å². The molecule has 1 aromatic carbocycles. The SMILES string of the molecule is COCC(C)NC(=O)Cc1csc(NC(=O)c2ccccc2)n1. The zero-order valence-corrected chi connectivity index (χ0v) is 13.9. The van der Waals surface area contributed by atoms with Gasteiger partial charge in [-0.1, -0.05) is 18.2 Å². The lowest BCUT2D eigenvalue weighted by atomic mass is 10.2. The van der Waals surface area contributed by atoms with E-state index in [0.717, 1.165) is 0 Å². The molecular formula is C16H19N3O3S. The molecule has 7 heteroatoms. The first-order valence-electron chi connectivity index (χ1n) is 7.17. The van der Waals surface area contributed by atoms with Crippen LogP contribution in [0.15, 0.2) is 35.7 Å². The molecule has 2 amide bonds. The van der Waals surface area contributed by atoms with Gasteiger partial charge in [0.2, 0.25) is 5.91 Å². The Balaban J connectivity index is 1.88. The Morgan fingerprint density at radius 1 is 1.30 bits per heavy atom. The van der Waals surface area contributed by atoms with E-state index in [1.807, 2.05) is 13.0 Å². The Bertz CT molecular complexity index is 658. The van der Waals surface area contributed by atoms with Gasteiger partial charge in [0, 0.05) is 24.1 Å². The number of benzene rings is 1. The van der Waals surface area contributed by atoms with E-state index in [2.05, 4.69) is 15.6 Å². The number of thiazole rings is 1. The molecule has 0 aliphatic carbocycles. The molecule has 0 bridgehead atoms. The quantitative estimate of drug-likeness (QED) is 0.813. The zero-order chi connectivity index (χ0) is 16.7.